The highest BCUT2D eigenvalue weighted by molar-refractivity contribution is 5.97. The number of ether oxygens (including phenoxy) is 2. The van der Waals surface area contributed by atoms with Crippen molar-refractivity contribution in [1.29, 1.82) is 0 Å². The minimum atomic E-state index is -1.17. The minimum Gasteiger partial charge on any atom is -0.467 e. The molecule has 0 heterocycles. The second-order valence-corrected chi connectivity index (χ2v) is 6.30. The highest BCUT2D eigenvalue weighted by Gasteiger charge is 2.26. The first-order valence-corrected chi connectivity index (χ1v) is 7.59. The normalized spacial score (nSPS) is 12.2. The van der Waals surface area contributed by atoms with Crippen LogP contribution in [0.3, 0.4) is 0 Å². The van der Waals surface area contributed by atoms with E-state index in [4.69, 9.17) is 4.74 Å². The molecule has 1 N–H and O–H groups in total. The molecule has 0 spiro atoms. The van der Waals surface area contributed by atoms with Crippen molar-refractivity contribution in [3.05, 3.63) is 35.4 Å². The third-order valence-electron chi connectivity index (χ3n) is 3.02. The summed E-state index contributed by atoms with van der Waals surface area (Å²) in [5.74, 6) is -4.16. The van der Waals surface area contributed by atoms with Gasteiger partial charge in [-0.2, -0.15) is 0 Å². The summed E-state index contributed by atoms with van der Waals surface area (Å²) < 4.78 is 36.2. The molecule has 0 saturated carbocycles. The third-order valence-corrected chi connectivity index (χ3v) is 3.02. The number of nitrogens with one attached hydrogen (secondary N) is 1. The molecule has 8 heteroatoms. The van der Waals surface area contributed by atoms with Crippen molar-refractivity contribution in [1.82, 2.24) is 5.32 Å². The molecule has 138 valence electrons. The number of rotatable bonds is 6. The van der Waals surface area contributed by atoms with Gasteiger partial charge in [0, 0.05) is 12.5 Å². The monoisotopic (exact) mass is 357 g/mol. The van der Waals surface area contributed by atoms with Crippen LogP contribution in [0.15, 0.2) is 18.2 Å². The molecule has 1 aromatic carbocycles. The molecule has 0 saturated heterocycles. The van der Waals surface area contributed by atoms with E-state index in [1.807, 2.05) is 0 Å². The van der Waals surface area contributed by atoms with E-state index in [0.29, 0.717) is 6.07 Å². The summed E-state index contributed by atoms with van der Waals surface area (Å²) in [7, 11) is 1.12. The fourth-order valence-corrected chi connectivity index (χ4v) is 1.96. The molecule has 0 aliphatic heterocycles. The zero-order valence-electron chi connectivity index (χ0n) is 14.5. The zero-order chi connectivity index (χ0) is 19.2. The summed E-state index contributed by atoms with van der Waals surface area (Å²) >= 11 is 0. The van der Waals surface area contributed by atoms with Gasteiger partial charge in [-0.05, 0) is 39.3 Å². The number of esters is 2. The van der Waals surface area contributed by atoms with Crippen molar-refractivity contribution in [3.63, 3.8) is 0 Å². The first-order chi connectivity index (χ1) is 11.5. The molecule has 0 unspecified atom stereocenters. The maximum atomic E-state index is 13.6. The minimum absolute atomic E-state index is 0.0872. The number of carbonyl (C=O) groups is 3. The Kier molecular flexibility index (Phi) is 7.02. The lowest BCUT2D eigenvalue weighted by Crippen LogP contribution is -2.42. The van der Waals surface area contributed by atoms with Gasteiger partial charge in [0.25, 0.3) is 5.91 Å². The summed E-state index contributed by atoms with van der Waals surface area (Å²) in [6.07, 6.45) is -0.237. The van der Waals surface area contributed by atoms with Gasteiger partial charge in [-0.1, -0.05) is 0 Å². The first-order valence-electron chi connectivity index (χ1n) is 7.59. The predicted octanol–water partition coefficient (Wildman–Crippen LogP) is 2.36. The molecule has 0 radical (unpaired) electrons. The summed E-state index contributed by atoms with van der Waals surface area (Å²) in [5.41, 5.74) is -1.11. The van der Waals surface area contributed by atoms with Crippen molar-refractivity contribution in [3.8, 4) is 0 Å². The Morgan fingerprint density at radius 3 is 2.36 bits per heavy atom. The van der Waals surface area contributed by atoms with Gasteiger partial charge >= 0.3 is 11.9 Å². The predicted molar refractivity (Wildman–Crippen MR) is 84.7 cm³/mol. The summed E-state index contributed by atoms with van der Waals surface area (Å²) in [6.45, 7) is 5.09. The fourth-order valence-electron chi connectivity index (χ4n) is 1.96. The molecule has 0 aliphatic carbocycles. The number of halogens is 2. The molecule has 0 aliphatic rings. The SMILES string of the molecule is COC(=O)[C@H](CCC(=O)OC(C)(C)C)NC(=O)c1ccc(F)cc1F. The van der Waals surface area contributed by atoms with Gasteiger partial charge < -0.3 is 14.8 Å². The van der Waals surface area contributed by atoms with E-state index >= 15 is 0 Å². The molecule has 1 atom stereocenters. The van der Waals surface area contributed by atoms with Crippen molar-refractivity contribution in [2.45, 2.75) is 45.3 Å². The third kappa shape index (κ3) is 6.86. The van der Waals surface area contributed by atoms with Crippen molar-refractivity contribution < 1.29 is 32.6 Å². The topological polar surface area (TPSA) is 81.7 Å². The Labute approximate surface area is 144 Å². The maximum Gasteiger partial charge on any atom is 0.328 e. The zero-order valence-corrected chi connectivity index (χ0v) is 14.5. The Balaban J connectivity index is 2.77. The lowest BCUT2D eigenvalue weighted by molar-refractivity contribution is -0.155. The van der Waals surface area contributed by atoms with E-state index in [1.165, 1.54) is 0 Å². The molecule has 1 rings (SSSR count). The number of carbonyl (C=O) groups excluding carboxylic acids is 3. The smallest absolute Gasteiger partial charge is 0.328 e. The summed E-state index contributed by atoms with van der Waals surface area (Å²) in [4.78, 5) is 35.6. The lowest BCUT2D eigenvalue weighted by Gasteiger charge is -2.21. The van der Waals surface area contributed by atoms with E-state index < -0.39 is 46.7 Å². The van der Waals surface area contributed by atoms with Crippen LogP contribution >= 0.6 is 0 Å². The molecular weight excluding hydrogens is 336 g/mol. The molecule has 1 aromatic rings. The van der Waals surface area contributed by atoms with E-state index in [-0.39, 0.29) is 12.8 Å². The van der Waals surface area contributed by atoms with E-state index in [2.05, 4.69) is 10.1 Å². The van der Waals surface area contributed by atoms with Crippen LogP contribution in [0.25, 0.3) is 0 Å². The highest BCUT2D eigenvalue weighted by Crippen LogP contribution is 2.13. The van der Waals surface area contributed by atoms with Gasteiger partial charge in [0.2, 0.25) is 0 Å². The van der Waals surface area contributed by atoms with Gasteiger partial charge in [-0.15, -0.1) is 0 Å². The van der Waals surface area contributed by atoms with Crippen LogP contribution in [0.2, 0.25) is 0 Å². The van der Waals surface area contributed by atoms with Crippen LogP contribution in [-0.2, 0) is 19.1 Å². The van der Waals surface area contributed by atoms with E-state index in [1.54, 1.807) is 20.8 Å². The Hall–Kier alpha value is -2.51. The molecule has 6 nitrogen and oxygen atoms in total. The average molecular weight is 357 g/mol. The standard InChI is InChI=1S/C17H21F2NO5/c1-17(2,3)25-14(21)8-7-13(16(23)24-4)20-15(22)11-6-5-10(18)9-12(11)19/h5-6,9,13H,7-8H2,1-4H3,(H,20,22)/t13-/m0/s1. The van der Waals surface area contributed by atoms with Gasteiger partial charge in [0.05, 0.1) is 12.7 Å². The van der Waals surface area contributed by atoms with E-state index in [9.17, 15) is 23.2 Å². The van der Waals surface area contributed by atoms with Crippen molar-refractivity contribution in [2.24, 2.45) is 0 Å². The van der Waals surface area contributed by atoms with Crippen LogP contribution in [-0.4, -0.2) is 36.6 Å². The number of amides is 1. The van der Waals surface area contributed by atoms with Gasteiger partial charge in [-0.25, -0.2) is 13.6 Å². The quantitative estimate of drug-likeness (QED) is 0.791. The molecule has 0 fully saturated rings. The fraction of sp³-hybridized carbons (Fsp3) is 0.471. The van der Waals surface area contributed by atoms with Gasteiger partial charge in [0.1, 0.15) is 23.3 Å². The van der Waals surface area contributed by atoms with Crippen LogP contribution in [0.5, 0.6) is 0 Å². The molecule has 25 heavy (non-hydrogen) atoms. The second-order valence-electron chi connectivity index (χ2n) is 6.30. The molecule has 0 bridgehead atoms. The largest absolute Gasteiger partial charge is 0.467 e. The van der Waals surface area contributed by atoms with Crippen LogP contribution < -0.4 is 5.32 Å². The van der Waals surface area contributed by atoms with Crippen LogP contribution in [0.1, 0.15) is 44.0 Å². The highest BCUT2D eigenvalue weighted by atomic mass is 19.1. The number of methoxy groups -OCH3 is 1. The van der Waals surface area contributed by atoms with Gasteiger partial charge in [0.15, 0.2) is 0 Å². The second kappa shape index (κ2) is 8.55. The van der Waals surface area contributed by atoms with E-state index in [0.717, 1.165) is 19.2 Å². The molecular formula is C17H21F2NO5. The Morgan fingerprint density at radius 2 is 1.84 bits per heavy atom. The summed E-state index contributed by atoms with van der Waals surface area (Å²) in [5, 5.41) is 2.28. The van der Waals surface area contributed by atoms with Crippen LogP contribution in [0.4, 0.5) is 8.78 Å². The number of hydrogen-bond donors (Lipinski definition) is 1. The molecule has 1 amide bonds. The maximum absolute atomic E-state index is 13.6. The lowest BCUT2D eigenvalue weighted by atomic mass is 10.1. The van der Waals surface area contributed by atoms with Crippen LogP contribution in [0, 0.1) is 11.6 Å². The van der Waals surface area contributed by atoms with Crippen molar-refractivity contribution >= 4 is 17.8 Å². The molecule has 0 aromatic heterocycles. The Morgan fingerprint density at radius 1 is 1.20 bits per heavy atom. The van der Waals surface area contributed by atoms with Gasteiger partial charge in [-0.3, -0.25) is 9.59 Å². The average Bonchev–Trinajstić information content (AvgIpc) is 2.48. The number of hydrogen-bond acceptors (Lipinski definition) is 5. The Bertz CT molecular complexity index is 655. The summed E-state index contributed by atoms with van der Waals surface area (Å²) in [6, 6.07) is 1.27. The first kappa shape index (κ1) is 20.5. The number of benzene rings is 1. The van der Waals surface area contributed by atoms with Crippen molar-refractivity contribution in [2.75, 3.05) is 7.11 Å².